The van der Waals surface area contributed by atoms with Crippen LogP contribution in [0.3, 0.4) is 0 Å². The highest BCUT2D eigenvalue weighted by molar-refractivity contribution is 7.11. The summed E-state index contributed by atoms with van der Waals surface area (Å²) in [6, 6.07) is 2.21. The number of carbonyl (C=O) groups is 1. The largest absolute Gasteiger partial charge is 0.298 e. The lowest BCUT2D eigenvalue weighted by atomic mass is 9.83. The van der Waals surface area contributed by atoms with Crippen molar-refractivity contribution in [1.82, 2.24) is 4.98 Å². The van der Waals surface area contributed by atoms with Crippen molar-refractivity contribution < 1.29 is 4.79 Å². The average molecular weight is 220 g/mol. The summed E-state index contributed by atoms with van der Waals surface area (Å²) < 4.78 is 0. The minimum atomic E-state index is -0.751. The van der Waals surface area contributed by atoms with Gasteiger partial charge in [-0.1, -0.05) is 0 Å². The van der Waals surface area contributed by atoms with E-state index in [1.807, 2.05) is 6.92 Å². The van der Waals surface area contributed by atoms with Gasteiger partial charge in [0.2, 0.25) is 0 Å². The van der Waals surface area contributed by atoms with Gasteiger partial charge in [0.25, 0.3) is 0 Å². The molecule has 0 spiro atoms. The molecule has 78 valence electrons. The first-order chi connectivity index (χ1) is 7.16. The van der Waals surface area contributed by atoms with Crippen LogP contribution < -0.4 is 0 Å². The van der Waals surface area contributed by atoms with Crippen molar-refractivity contribution in [2.75, 3.05) is 0 Å². The fourth-order valence-corrected chi connectivity index (χ4v) is 2.97. The summed E-state index contributed by atoms with van der Waals surface area (Å²) in [5.74, 6) is 0.107. The van der Waals surface area contributed by atoms with E-state index in [-0.39, 0.29) is 5.78 Å². The van der Waals surface area contributed by atoms with Gasteiger partial charge in [0.15, 0.2) is 5.78 Å². The molecule has 1 fully saturated rings. The fraction of sp³-hybridized carbons (Fsp3) is 0.545. The van der Waals surface area contributed by atoms with Gasteiger partial charge in [0.05, 0.1) is 11.1 Å². The van der Waals surface area contributed by atoms with E-state index < -0.39 is 5.41 Å². The number of ketones is 1. The van der Waals surface area contributed by atoms with Crippen molar-refractivity contribution in [3.63, 3.8) is 0 Å². The summed E-state index contributed by atoms with van der Waals surface area (Å²) in [5, 5.41) is 10.2. The summed E-state index contributed by atoms with van der Waals surface area (Å²) in [5.41, 5.74) is -0.751. The van der Waals surface area contributed by atoms with Crippen molar-refractivity contribution in [3.8, 4) is 6.07 Å². The Hall–Kier alpha value is -1.21. The molecular formula is C11H12N2OS. The Kier molecular flexibility index (Phi) is 2.57. The van der Waals surface area contributed by atoms with Crippen LogP contribution in [-0.2, 0) is 11.2 Å². The third-order valence-corrected chi connectivity index (χ3v) is 3.81. The summed E-state index contributed by atoms with van der Waals surface area (Å²) >= 11 is 1.58. The van der Waals surface area contributed by atoms with Gasteiger partial charge in [-0.3, -0.25) is 4.79 Å². The van der Waals surface area contributed by atoms with Crippen molar-refractivity contribution >= 4 is 17.1 Å². The standard InChI is InChI=1S/C11H12N2OS/c1-8-13-6-9(15-8)5-11(7-12)4-2-3-10(11)14/h6H,2-5H2,1H3. The van der Waals surface area contributed by atoms with Gasteiger partial charge in [0, 0.05) is 23.9 Å². The molecule has 0 bridgehead atoms. The summed E-state index contributed by atoms with van der Waals surface area (Å²) in [7, 11) is 0. The molecule has 0 aromatic carbocycles. The quantitative estimate of drug-likeness (QED) is 0.768. The van der Waals surface area contributed by atoms with Crippen molar-refractivity contribution in [1.29, 1.82) is 5.26 Å². The Bertz CT molecular complexity index is 432. The summed E-state index contributed by atoms with van der Waals surface area (Å²) in [4.78, 5) is 16.9. The number of aryl methyl sites for hydroxylation is 1. The van der Waals surface area contributed by atoms with E-state index in [2.05, 4.69) is 11.1 Å². The van der Waals surface area contributed by atoms with Crippen LogP contribution in [0, 0.1) is 23.7 Å². The first-order valence-corrected chi connectivity index (χ1v) is 5.84. The topological polar surface area (TPSA) is 53.8 Å². The number of carbonyl (C=O) groups excluding carboxylic acids is 1. The predicted molar refractivity (Wildman–Crippen MR) is 57.5 cm³/mol. The normalized spacial score (nSPS) is 25.5. The van der Waals surface area contributed by atoms with Gasteiger partial charge in [-0.05, 0) is 19.8 Å². The maximum atomic E-state index is 11.7. The minimum Gasteiger partial charge on any atom is -0.298 e. The van der Waals surface area contributed by atoms with E-state index in [0.29, 0.717) is 19.3 Å². The average Bonchev–Trinajstić information content (AvgIpc) is 2.76. The first-order valence-electron chi connectivity index (χ1n) is 5.02. The highest BCUT2D eigenvalue weighted by atomic mass is 32.1. The SMILES string of the molecule is Cc1ncc(CC2(C#N)CCCC2=O)s1. The number of Topliss-reactive ketones (excluding diaryl/α,β-unsaturated/α-hetero) is 1. The maximum absolute atomic E-state index is 11.7. The third kappa shape index (κ3) is 1.80. The molecule has 1 heterocycles. The van der Waals surface area contributed by atoms with Gasteiger partial charge in [-0.2, -0.15) is 5.26 Å². The van der Waals surface area contributed by atoms with E-state index >= 15 is 0 Å². The molecule has 3 nitrogen and oxygen atoms in total. The maximum Gasteiger partial charge on any atom is 0.153 e. The smallest absolute Gasteiger partial charge is 0.153 e. The number of nitrogens with zero attached hydrogens (tertiary/aromatic N) is 2. The van der Waals surface area contributed by atoms with Crippen molar-refractivity contribution in [2.45, 2.75) is 32.6 Å². The number of aromatic nitrogens is 1. The third-order valence-electron chi connectivity index (χ3n) is 2.90. The minimum absolute atomic E-state index is 0.107. The van der Waals surface area contributed by atoms with Crippen LogP contribution in [0.25, 0.3) is 0 Å². The van der Waals surface area contributed by atoms with E-state index in [0.717, 1.165) is 16.3 Å². The molecule has 1 aliphatic rings. The van der Waals surface area contributed by atoms with Gasteiger partial charge < -0.3 is 0 Å². The molecule has 15 heavy (non-hydrogen) atoms. The lowest BCUT2D eigenvalue weighted by Gasteiger charge is -2.16. The molecule has 2 rings (SSSR count). The Morgan fingerprint density at radius 3 is 3.00 bits per heavy atom. The Morgan fingerprint density at radius 2 is 2.53 bits per heavy atom. The molecule has 1 saturated carbocycles. The Labute approximate surface area is 92.8 Å². The molecule has 1 aromatic heterocycles. The van der Waals surface area contributed by atoms with Gasteiger partial charge >= 0.3 is 0 Å². The van der Waals surface area contributed by atoms with Crippen molar-refractivity contribution in [2.24, 2.45) is 5.41 Å². The fourth-order valence-electron chi connectivity index (χ4n) is 2.06. The second kappa shape index (κ2) is 3.74. The van der Waals surface area contributed by atoms with E-state index in [1.54, 1.807) is 17.5 Å². The molecule has 0 radical (unpaired) electrons. The van der Waals surface area contributed by atoms with Crippen LogP contribution >= 0.6 is 11.3 Å². The number of hydrogen-bond donors (Lipinski definition) is 0. The van der Waals surface area contributed by atoms with Gasteiger partial charge in [-0.15, -0.1) is 11.3 Å². The zero-order valence-electron chi connectivity index (χ0n) is 8.62. The number of hydrogen-bond acceptors (Lipinski definition) is 4. The first kappa shape index (κ1) is 10.3. The molecule has 0 saturated heterocycles. The molecule has 0 N–H and O–H groups in total. The summed E-state index contributed by atoms with van der Waals surface area (Å²) in [6.45, 7) is 1.93. The Morgan fingerprint density at radius 1 is 1.73 bits per heavy atom. The van der Waals surface area contributed by atoms with Crippen LogP contribution in [0.5, 0.6) is 0 Å². The monoisotopic (exact) mass is 220 g/mol. The van der Waals surface area contributed by atoms with Crippen molar-refractivity contribution in [3.05, 3.63) is 16.1 Å². The van der Waals surface area contributed by atoms with Crippen LogP contribution in [0.1, 0.15) is 29.1 Å². The van der Waals surface area contributed by atoms with Crippen LogP contribution in [-0.4, -0.2) is 10.8 Å². The van der Waals surface area contributed by atoms with Gasteiger partial charge in [-0.25, -0.2) is 4.98 Å². The van der Waals surface area contributed by atoms with Crippen LogP contribution in [0.4, 0.5) is 0 Å². The van der Waals surface area contributed by atoms with E-state index in [1.165, 1.54) is 0 Å². The Balaban J connectivity index is 2.23. The lowest BCUT2D eigenvalue weighted by Crippen LogP contribution is -2.25. The van der Waals surface area contributed by atoms with Crippen LogP contribution in [0.2, 0.25) is 0 Å². The molecule has 0 amide bonds. The van der Waals surface area contributed by atoms with E-state index in [4.69, 9.17) is 5.26 Å². The number of rotatable bonds is 2. The molecule has 0 aliphatic heterocycles. The lowest BCUT2D eigenvalue weighted by molar-refractivity contribution is -0.123. The molecule has 1 atom stereocenters. The van der Waals surface area contributed by atoms with Gasteiger partial charge in [0.1, 0.15) is 5.41 Å². The second-order valence-electron chi connectivity index (χ2n) is 3.99. The zero-order chi connectivity index (χ0) is 10.9. The highest BCUT2D eigenvalue weighted by Crippen LogP contribution is 2.38. The molecule has 1 aliphatic carbocycles. The zero-order valence-corrected chi connectivity index (χ0v) is 9.43. The molecule has 1 unspecified atom stereocenters. The number of nitriles is 1. The summed E-state index contributed by atoms with van der Waals surface area (Å²) in [6.07, 6.45) is 4.45. The molecular weight excluding hydrogens is 208 g/mol. The predicted octanol–water partition coefficient (Wildman–Crippen LogP) is 2.26. The molecule has 4 heteroatoms. The van der Waals surface area contributed by atoms with E-state index in [9.17, 15) is 4.79 Å². The van der Waals surface area contributed by atoms with Crippen LogP contribution in [0.15, 0.2) is 6.20 Å². The highest BCUT2D eigenvalue weighted by Gasteiger charge is 2.42. The second-order valence-corrected chi connectivity index (χ2v) is 5.31. The molecule has 1 aromatic rings. The number of thiazole rings is 1.